The summed E-state index contributed by atoms with van der Waals surface area (Å²) >= 11 is 0. The molecule has 0 unspecified atom stereocenters. The summed E-state index contributed by atoms with van der Waals surface area (Å²) in [6.07, 6.45) is 3.74. The summed E-state index contributed by atoms with van der Waals surface area (Å²) in [5.74, 6) is 0.801. The van der Waals surface area contributed by atoms with Gasteiger partial charge in [-0.15, -0.1) is 12.4 Å². The van der Waals surface area contributed by atoms with Crippen LogP contribution in [0.5, 0.6) is 0 Å². The van der Waals surface area contributed by atoms with Crippen LogP contribution in [-0.2, 0) is 13.1 Å². The number of nitrogens with one attached hydrogen (secondary N) is 1. The number of aromatic nitrogens is 4. The fraction of sp³-hybridized carbons (Fsp3) is 0.571. The molecule has 0 saturated carbocycles. The molecule has 0 aliphatic carbocycles. The van der Waals surface area contributed by atoms with E-state index < -0.39 is 6.67 Å². The van der Waals surface area contributed by atoms with Crippen LogP contribution < -0.4 is 5.32 Å². The molecule has 2 rings (SSSR count). The minimum absolute atomic E-state index is 0. The van der Waals surface area contributed by atoms with Gasteiger partial charge in [0.25, 0.3) is 0 Å². The Morgan fingerprint density at radius 2 is 2.05 bits per heavy atom. The van der Waals surface area contributed by atoms with Crippen molar-refractivity contribution in [1.82, 2.24) is 19.6 Å². The Hall–Kier alpha value is -1.56. The molecule has 0 spiro atoms. The topological polar surface area (TPSA) is 47.7 Å². The third-order valence-electron chi connectivity index (χ3n) is 3.34. The highest BCUT2D eigenvalue weighted by molar-refractivity contribution is 5.85. The molecule has 5 nitrogen and oxygen atoms in total. The summed E-state index contributed by atoms with van der Waals surface area (Å²) in [6.45, 7) is 8.83. The second-order valence-electron chi connectivity index (χ2n) is 5.26. The predicted octanol–water partition coefficient (Wildman–Crippen LogP) is 3.28. The Bertz CT molecular complexity index is 576. The van der Waals surface area contributed by atoms with E-state index >= 15 is 0 Å². The fourth-order valence-corrected chi connectivity index (χ4v) is 2.23. The van der Waals surface area contributed by atoms with Gasteiger partial charge in [0.2, 0.25) is 0 Å². The Balaban J connectivity index is 0.00000220. The monoisotopic (exact) mass is 315 g/mol. The van der Waals surface area contributed by atoms with Gasteiger partial charge in [-0.25, -0.2) is 4.39 Å². The Labute approximate surface area is 130 Å². The normalized spacial score (nSPS) is 10.8. The zero-order valence-corrected chi connectivity index (χ0v) is 13.7. The van der Waals surface area contributed by atoms with Crippen molar-refractivity contribution in [2.45, 2.75) is 46.8 Å². The van der Waals surface area contributed by atoms with E-state index in [1.54, 1.807) is 4.68 Å². The third kappa shape index (κ3) is 3.97. The van der Waals surface area contributed by atoms with Crippen molar-refractivity contribution in [3.8, 4) is 0 Å². The molecule has 0 bridgehead atoms. The van der Waals surface area contributed by atoms with Gasteiger partial charge in [0.1, 0.15) is 6.67 Å². The maximum atomic E-state index is 12.3. The first-order valence-corrected chi connectivity index (χ1v) is 6.89. The van der Waals surface area contributed by atoms with Gasteiger partial charge in [-0.3, -0.25) is 9.36 Å². The second kappa shape index (κ2) is 7.45. The second-order valence-corrected chi connectivity index (χ2v) is 5.26. The number of nitrogens with zero attached hydrogens (tertiary/aromatic N) is 4. The summed E-state index contributed by atoms with van der Waals surface area (Å²) in [5.41, 5.74) is 3.33. The molecule has 21 heavy (non-hydrogen) atoms. The lowest BCUT2D eigenvalue weighted by Crippen LogP contribution is -2.07. The lowest BCUT2D eigenvalue weighted by molar-refractivity contribution is 0.427. The van der Waals surface area contributed by atoms with Crippen molar-refractivity contribution in [3.05, 3.63) is 29.2 Å². The van der Waals surface area contributed by atoms with Gasteiger partial charge in [0.15, 0.2) is 5.82 Å². The van der Waals surface area contributed by atoms with E-state index in [4.69, 9.17) is 0 Å². The molecule has 0 radical (unpaired) electrons. The first-order chi connectivity index (χ1) is 9.52. The summed E-state index contributed by atoms with van der Waals surface area (Å²) in [6, 6.07) is 0.356. The average molecular weight is 316 g/mol. The smallest absolute Gasteiger partial charge is 0.151 e. The van der Waals surface area contributed by atoms with Crippen LogP contribution >= 0.6 is 12.4 Å². The minimum Gasteiger partial charge on any atom is -0.364 e. The molecule has 0 aromatic carbocycles. The molecule has 2 aromatic heterocycles. The van der Waals surface area contributed by atoms with E-state index in [-0.39, 0.29) is 12.4 Å². The van der Waals surface area contributed by atoms with Gasteiger partial charge in [0, 0.05) is 35.6 Å². The van der Waals surface area contributed by atoms with Gasteiger partial charge < -0.3 is 5.32 Å². The first kappa shape index (κ1) is 17.5. The van der Waals surface area contributed by atoms with Crippen molar-refractivity contribution < 1.29 is 4.39 Å². The van der Waals surface area contributed by atoms with Crippen LogP contribution in [0.4, 0.5) is 10.2 Å². The van der Waals surface area contributed by atoms with E-state index in [0.29, 0.717) is 19.1 Å². The van der Waals surface area contributed by atoms with Crippen molar-refractivity contribution in [2.75, 3.05) is 12.0 Å². The Morgan fingerprint density at radius 3 is 2.62 bits per heavy atom. The number of anilines is 1. The lowest BCUT2D eigenvalue weighted by Gasteiger charge is -2.09. The zero-order valence-electron chi connectivity index (χ0n) is 12.9. The number of hydrogen-bond acceptors (Lipinski definition) is 3. The Morgan fingerprint density at radius 1 is 1.33 bits per heavy atom. The zero-order chi connectivity index (χ0) is 14.7. The summed E-state index contributed by atoms with van der Waals surface area (Å²) in [4.78, 5) is 0. The number of aryl methyl sites for hydroxylation is 2. The highest BCUT2D eigenvalue weighted by Crippen LogP contribution is 2.16. The Kier molecular flexibility index (Phi) is 6.20. The number of alkyl halides is 1. The maximum absolute atomic E-state index is 12.3. The SMILES string of the molecule is Cc1cn(CCF)nc1NCc1cnn(C(C)C)c1C.Cl. The molecule has 0 amide bonds. The molecule has 2 aromatic rings. The van der Waals surface area contributed by atoms with Gasteiger partial charge in [-0.05, 0) is 27.7 Å². The van der Waals surface area contributed by atoms with E-state index in [1.165, 1.54) is 0 Å². The largest absolute Gasteiger partial charge is 0.364 e. The summed E-state index contributed by atoms with van der Waals surface area (Å²) < 4.78 is 15.9. The molecule has 0 aliphatic heterocycles. The lowest BCUT2D eigenvalue weighted by atomic mass is 10.2. The van der Waals surface area contributed by atoms with Crippen LogP contribution in [-0.4, -0.2) is 26.2 Å². The van der Waals surface area contributed by atoms with Crippen molar-refractivity contribution in [1.29, 1.82) is 0 Å². The third-order valence-corrected chi connectivity index (χ3v) is 3.34. The quantitative estimate of drug-likeness (QED) is 0.890. The molecule has 7 heteroatoms. The first-order valence-electron chi connectivity index (χ1n) is 6.89. The van der Waals surface area contributed by atoms with Gasteiger partial charge in [0.05, 0.1) is 12.7 Å². The summed E-state index contributed by atoms with van der Waals surface area (Å²) in [7, 11) is 0. The van der Waals surface area contributed by atoms with E-state index in [1.807, 2.05) is 24.0 Å². The standard InChI is InChI=1S/C14H22FN5.ClH/c1-10(2)20-12(4)13(8-17-20)7-16-14-11(3)9-19(18-14)6-5-15;/h8-10H,5-7H2,1-4H3,(H,16,18);1H. The molecule has 0 fully saturated rings. The molecular weight excluding hydrogens is 293 g/mol. The molecule has 2 heterocycles. The van der Waals surface area contributed by atoms with Crippen LogP contribution in [0.3, 0.4) is 0 Å². The van der Waals surface area contributed by atoms with Gasteiger partial charge in [-0.1, -0.05) is 0 Å². The van der Waals surface area contributed by atoms with Crippen LogP contribution in [0.1, 0.15) is 36.7 Å². The number of halogens is 2. The van der Waals surface area contributed by atoms with Gasteiger partial charge in [-0.2, -0.15) is 10.2 Å². The molecule has 0 aliphatic rings. The molecule has 0 saturated heterocycles. The fourth-order valence-electron chi connectivity index (χ4n) is 2.23. The van der Waals surface area contributed by atoms with Gasteiger partial charge >= 0.3 is 0 Å². The van der Waals surface area contributed by atoms with E-state index in [9.17, 15) is 4.39 Å². The van der Waals surface area contributed by atoms with E-state index in [0.717, 1.165) is 22.6 Å². The van der Waals surface area contributed by atoms with Crippen LogP contribution in [0, 0.1) is 13.8 Å². The maximum Gasteiger partial charge on any atom is 0.151 e. The van der Waals surface area contributed by atoms with E-state index in [2.05, 4.69) is 36.3 Å². The van der Waals surface area contributed by atoms with Crippen molar-refractivity contribution >= 4 is 18.2 Å². The van der Waals surface area contributed by atoms with Crippen LogP contribution in [0.2, 0.25) is 0 Å². The van der Waals surface area contributed by atoms with Crippen molar-refractivity contribution in [2.24, 2.45) is 0 Å². The number of hydrogen-bond donors (Lipinski definition) is 1. The predicted molar refractivity (Wildman–Crippen MR) is 84.9 cm³/mol. The van der Waals surface area contributed by atoms with Crippen LogP contribution in [0.15, 0.2) is 12.4 Å². The highest BCUT2D eigenvalue weighted by atomic mass is 35.5. The molecule has 1 N–H and O–H groups in total. The van der Waals surface area contributed by atoms with Crippen LogP contribution in [0.25, 0.3) is 0 Å². The molecule has 0 atom stereocenters. The summed E-state index contributed by atoms with van der Waals surface area (Å²) in [5, 5.41) is 12.0. The molecular formula is C14H23ClFN5. The molecule has 118 valence electrons. The average Bonchev–Trinajstić information content (AvgIpc) is 2.91. The highest BCUT2D eigenvalue weighted by Gasteiger charge is 2.10. The minimum atomic E-state index is -0.402. The number of rotatable bonds is 6. The van der Waals surface area contributed by atoms with Crippen molar-refractivity contribution in [3.63, 3.8) is 0 Å².